The Labute approximate surface area is 147 Å². The Morgan fingerprint density at radius 3 is 2.38 bits per heavy atom. The van der Waals surface area contributed by atoms with Gasteiger partial charge in [-0.3, -0.25) is 0 Å². The average molecular weight is 366 g/mol. The van der Waals surface area contributed by atoms with Gasteiger partial charge in [0.2, 0.25) is 10.0 Å². The first-order chi connectivity index (χ1) is 11.4. The van der Waals surface area contributed by atoms with Gasteiger partial charge in [-0.05, 0) is 61.2 Å². The summed E-state index contributed by atoms with van der Waals surface area (Å²) < 4.78 is 33.2. The maximum absolute atomic E-state index is 12.6. The number of sulfonamides is 1. The third kappa shape index (κ3) is 3.43. The van der Waals surface area contributed by atoms with E-state index in [4.69, 9.17) is 16.3 Å². The molecule has 0 unspecified atom stereocenters. The van der Waals surface area contributed by atoms with Crippen molar-refractivity contribution in [1.82, 2.24) is 4.72 Å². The van der Waals surface area contributed by atoms with Crippen LogP contribution in [0.25, 0.3) is 0 Å². The minimum Gasteiger partial charge on any atom is -0.497 e. The minimum absolute atomic E-state index is 0.113. The number of hydrogen-bond donors (Lipinski definition) is 1. The smallest absolute Gasteiger partial charge is 0.240 e. The lowest BCUT2D eigenvalue weighted by Crippen LogP contribution is -2.32. The van der Waals surface area contributed by atoms with Gasteiger partial charge in [-0.2, -0.15) is 0 Å². The van der Waals surface area contributed by atoms with E-state index in [2.05, 4.69) is 4.72 Å². The van der Waals surface area contributed by atoms with Crippen LogP contribution in [0.3, 0.4) is 0 Å². The molecule has 1 aliphatic rings. The number of methoxy groups -OCH3 is 1. The van der Waals surface area contributed by atoms with E-state index < -0.39 is 10.0 Å². The monoisotopic (exact) mass is 365 g/mol. The molecule has 4 nitrogen and oxygen atoms in total. The maximum atomic E-state index is 12.6. The molecule has 1 N–H and O–H groups in total. The number of aryl methyl sites for hydroxylation is 1. The third-order valence-electron chi connectivity index (χ3n) is 4.58. The van der Waals surface area contributed by atoms with Gasteiger partial charge in [-0.1, -0.05) is 23.7 Å². The number of ether oxygens (including phenoxy) is 1. The largest absolute Gasteiger partial charge is 0.497 e. The van der Waals surface area contributed by atoms with Crippen molar-refractivity contribution in [3.8, 4) is 5.75 Å². The van der Waals surface area contributed by atoms with E-state index in [1.165, 1.54) is 0 Å². The van der Waals surface area contributed by atoms with Gasteiger partial charge in [0.15, 0.2) is 0 Å². The molecule has 6 heteroatoms. The molecular weight excluding hydrogens is 346 g/mol. The standard InChI is InChI=1S/C18H20ClNO3S/c1-13-11-16(23-2)7-8-17(13)24(21,22)20-12-18(9-10-18)14-3-5-15(19)6-4-14/h3-8,11,20H,9-10,12H2,1-2H3. The quantitative estimate of drug-likeness (QED) is 0.849. The Hall–Kier alpha value is -1.56. The Balaban J connectivity index is 1.77. The number of benzene rings is 2. The fourth-order valence-corrected chi connectivity index (χ4v) is 4.36. The van der Waals surface area contributed by atoms with Crippen LogP contribution < -0.4 is 9.46 Å². The first-order valence-electron chi connectivity index (χ1n) is 7.77. The first-order valence-corrected chi connectivity index (χ1v) is 9.63. The second-order valence-electron chi connectivity index (χ2n) is 6.24. The molecule has 0 aliphatic heterocycles. The second kappa shape index (κ2) is 6.39. The molecule has 0 amide bonds. The lowest BCUT2D eigenvalue weighted by Gasteiger charge is -2.18. The summed E-state index contributed by atoms with van der Waals surface area (Å²) in [5.74, 6) is 0.645. The Kier molecular flexibility index (Phi) is 4.60. The Morgan fingerprint density at radius 1 is 1.17 bits per heavy atom. The van der Waals surface area contributed by atoms with Crippen molar-refractivity contribution >= 4 is 21.6 Å². The third-order valence-corrected chi connectivity index (χ3v) is 6.40. The lowest BCUT2D eigenvalue weighted by atomic mass is 9.96. The summed E-state index contributed by atoms with van der Waals surface area (Å²) in [4.78, 5) is 0.287. The number of hydrogen-bond acceptors (Lipinski definition) is 3. The highest BCUT2D eigenvalue weighted by Crippen LogP contribution is 2.48. The Morgan fingerprint density at radius 2 is 1.83 bits per heavy atom. The predicted octanol–water partition coefficient (Wildman–Crippen LogP) is 3.67. The SMILES string of the molecule is COc1ccc(S(=O)(=O)NCC2(c3ccc(Cl)cc3)CC2)c(C)c1. The molecule has 128 valence electrons. The summed E-state index contributed by atoms with van der Waals surface area (Å²) in [5.41, 5.74) is 1.68. The summed E-state index contributed by atoms with van der Waals surface area (Å²) in [6.45, 7) is 2.16. The van der Waals surface area contributed by atoms with Gasteiger partial charge in [0.05, 0.1) is 12.0 Å². The zero-order valence-corrected chi connectivity index (χ0v) is 15.2. The fourth-order valence-electron chi connectivity index (χ4n) is 2.88. The van der Waals surface area contributed by atoms with E-state index >= 15 is 0 Å². The van der Waals surface area contributed by atoms with Crippen LogP contribution in [0.2, 0.25) is 5.02 Å². The van der Waals surface area contributed by atoms with Crippen molar-refractivity contribution in [3.05, 3.63) is 58.6 Å². The lowest BCUT2D eigenvalue weighted by molar-refractivity contribution is 0.414. The van der Waals surface area contributed by atoms with E-state index in [1.807, 2.05) is 24.3 Å². The van der Waals surface area contributed by atoms with Gasteiger partial charge in [0.1, 0.15) is 5.75 Å². The summed E-state index contributed by atoms with van der Waals surface area (Å²) in [6.07, 6.45) is 1.94. The van der Waals surface area contributed by atoms with Crippen LogP contribution in [-0.4, -0.2) is 22.1 Å². The summed E-state index contributed by atoms with van der Waals surface area (Å²) in [5, 5.41) is 0.684. The highest BCUT2D eigenvalue weighted by atomic mass is 35.5. The highest BCUT2D eigenvalue weighted by molar-refractivity contribution is 7.89. The molecule has 0 atom stereocenters. The van der Waals surface area contributed by atoms with E-state index in [0.29, 0.717) is 22.9 Å². The molecule has 0 heterocycles. The van der Waals surface area contributed by atoms with Gasteiger partial charge in [-0.25, -0.2) is 13.1 Å². The first kappa shape index (κ1) is 17.3. The van der Waals surface area contributed by atoms with E-state index in [9.17, 15) is 8.42 Å². The van der Waals surface area contributed by atoms with Gasteiger partial charge >= 0.3 is 0 Å². The number of nitrogens with one attached hydrogen (secondary N) is 1. The van der Waals surface area contributed by atoms with Crippen molar-refractivity contribution in [1.29, 1.82) is 0 Å². The fraction of sp³-hybridized carbons (Fsp3) is 0.333. The van der Waals surface area contributed by atoms with Crippen LogP contribution >= 0.6 is 11.6 Å². The van der Waals surface area contributed by atoms with Crippen LogP contribution in [0, 0.1) is 6.92 Å². The molecule has 2 aromatic rings. The number of rotatable bonds is 6. The van der Waals surface area contributed by atoms with Crippen LogP contribution in [0.4, 0.5) is 0 Å². The zero-order chi connectivity index (χ0) is 17.4. The van der Waals surface area contributed by atoms with Crippen LogP contribution in [0.15, 0.2) is 47.4 Å². The topological polar surface area (TPSA) is 55.4 Å². The van der Waals surface area contributed by atoms with E-state index in [0.717, 1.165) is 18.4 Å². The average Bonchev–Trinajstić information content (AvgIpc) is 3.34. The van der Waals surface area contributed by atoms with Crippen molar-refractivity contribution in [2.75, 3.05) is 13.7 Å². The predicted molar refractivity (Wildman–Crippen MR) is 95.3 cm³/mol. The highest BCUT2D eigenvalue weighted by Gasteiger charge is 2.44. The molecule has 0 radical (unpaired) electrons. The van der Waals surface area contributed by atoms with Crippen LogP contribution in [0.1, 0.15) is 24.0 Å². The molecule has 0 aromatic heterocycles. The van der Waals surface area contributed by atoms with Gasteiger partial charge in [0, 0.05) is 17.0 Å². The van der Waals surface area contributed by atoms with Gasteiger partial charge < -0.3 is 4.74 Å². The summed E-state index contributed by atoms with van der Waals surface area (Å²) >= 11 is 5.93. The molecule has 1 aliphatic carbocycles. The molecule has 1 saturated carbocycles. The number of halogens is 1. The molecule has 3 rings (SSSR count). The molecule has 1 fully saturated rings. The summed E-state index contributed by atoms with van der Waals surface area (Å²) in [7, 11) is -2.00. The molecule has 0 bridgehead atoms. The van der Waals surface area contributed by atoms with E-state index in [1.54, 1.807) is 32.2 Å². The normalized spacial score (nSPS) is 16.0. The minimum atomic E-state index is -3.56. The second-order valence-corrected chi connectivity index (χ2v) is 8.42. The molecule has 24 heavy (non-hydrogen) atoms. The van der Waals surface area contributed by atoms with Crippen LogP contribution in [0.5, 0.6) is 5.75 Å². The van der Waals surface area contributed by atoms with E-state index in [-0.39, 0.29) is 10.3 Å². The molecule has 2 aromatic carbocycles. The van der Waals surface area contributed by atoms with Crippen molar-refractivity contribution in [2.24, 2.45) is 0 Å². The summed E-state index contributed by atoms with van der Waals surface area (Å²) in [6, 6.07) is 12.6. The van der Waals surface area contributed by atoms with Crippen LogP contribution in [-0.2, 0) is 15.4 Å². The molecule has 0 spiro atoms. The Bertz CT molecular complexity index is 843. The van der Waals surface area contributed by atoms with Gasteiger partial charge in [-0.15, -0.1) is 0 Å². The zero-order valence-electron chi connectivity index (χ0n) is 13.7. The molecular formula is C18H20ClNO3S. The van der Waals surface area contributed by atoms with Gasteiger partial charge in [0.25, 0.3) is 0 Å². The van der Waals surface area contributed by atoms with Crippen molar-refractivity contribution in [3.63, 3.8) is 0 Å². The van der Waals surface area contributed by atoms with Crippen molar-refractivity contribution in [2.45, 2.75) is 30.1 Å². The van der Waals surface area contributed by atoms with Crippen molar-refractivity contribution < 1.29 is 13.2 Å². The molecule has 0 saturated heterocycles. The maximum Gasteiger partial charge on any atom is 0.240 e.